The summed E-state index contributed by atoms with van der Waals surface area (Å²) in [5.74, 6) is -0.748. The van der Waals surface area contributed by atoms with Crippen LogP contribution in [0.15, 0.2) is 72.8 Å². The van der Waals surface area contributed by atoms with Crippen molar-refractivity contribution in [2.75, 3.05) is 26.9 Å². The average Bonchev–Trinajstić information content (AvgIpc) is 3.35. The number of methoxy groups -OCH3 is 1. The fourth-order valence-corrected chi connectivity index (χ4v) is 3.67. The third-order valence-electron chi connectivity index (χ3n) is 5.52. The summed E-state index contributed by atoms with van der Waals surface area (Å²) in [5.41, 5.74) is 0.825. The Morgan fingerprint density at radius 1 is 1.03 bits per heavy atom. The lowest BCUT2D eigenvalue weighted by Crippen LogP contribution is -2.50. The highest BCUT2D eigenvalue weighted by Gasteiger charge is 2.48. The quantitative estimate of drug-likeness (QED) is 0.279. The molecule has 1 aliphatic rings. The van der Waals surface area contributed by atoms with Gasteiger partial charge in [0.1, 0.15) is 0 Å². The number of ether oxygens (including phenoxy) is 5. The lowest BCUT2D eigenvalue weighted by atomic mass is 9.84. The molecule has 1 heterocycles. The largest absolute Gasteiger partial charge is 0.467 e. The number of carbonyl (C=O) groups excluding carboxylic acids is 1. The van der Waals surface area contributed by atoms with E-state index >= 15 is 0 Å². The molecule has 0 aliphatic carbocycles. The molecule has 0 N–H and O–H groups in total. The number of hydrogen-bond acceptors (Lipinski definition) is 6. The van der Waals surface area contributed by atoms with Gasteiger partial charge in [-0.25, -0.2) is 4.79 Å². The zero-order valence-electron chi connectivity index (χ0n) is 18.8. The van der Waals surface area contributed by atoms with Crippen molar-refractivity contribution in [3.8, 4) is 0 Å². The van der Waals surface area contributed by atoms with Crippen LogP contribution in [-0.4, -0.2) is 44.8 Å². The lowest BCUT2D eigenvalue weighted by molar-refractivity contribution is -0.192. The zero-order chi connectivity index (χ0) is 22.7. The Bertz CT molecular complexity index is 832. The molecule has 0 amide bonds. The van der Waals surface area contributed by atoms with Gasteiger partial charge in [-0.05, 0) is 11.1 Å². The molecular weight excluding hydrogens is 408 g/mol. The molecule has 32 heavy (non-hydrogen) atoms. The van der Waals surface area contributed by atoms with Crippen molar-refractivity contribution in [2.24, 2.45) is 5.92 Å². The second-order valence-corrected chi connectivity index (χ2v) is 7.75. The zero-order valence-corrected chi connectivity index (χ0v) is 18.8. The van der Waals surface area contributed by atoms with Crippen molar-refractivity contribution in [1.82, 2.24) is 0 Å². The highest BCUT2D eigenvalue weighted by molar-refractivity contribution is 5.80. The Morgan fingerprint density at radius 2 is 1.62 bits per heavy atom. The molecule has 6 heteroatoms. The van der Waals surface area contributed by atoms with Crippen LogP contribution in [0.5, 0.6) is 0 Å². The molecule has 3 rings (SSSR count). The molecule has 2 aromatic rings. The van der Waals surface area contributed by atoms with E-state index in [2.05, 4.69) is 0 Å². The fourth-order valence-electron chi connectivity index (χ4n) is 3.67. The van der Waals surface area contributed by atoms with Crippen LogP contribution in [-0.2, 0) is 41.7 Å². The van der Waals surface area contributed by atoms with Gasteiger partial charge in [0.2, 0.25) is 0 Å². The smallest absolute Gasteiger partial charge is 0.338 e. The van der Waals surface area contributed by atoms with Crippen molar-refractivity contribution >= 4 is 5.97 Å². The van der Waals surface area contributed by atoms with Crippen LogP contribution in [0.3, 0.4) is 0 Å². The molecule has 1 aliphatic heterocycles. The summed E-state index contributed by atoms with van der Waals surface area (Å²) >= 11 is 0. The van der Waals surface area contributed by atoms with Crippen molar-refractivity contribution in [1.29, 1.82) is 0 Å². The molecule has 0 aromatic heterocycles. The average molecular weight is 441 g/mol. The molecular formula is C26H32O6. The molecule has 172 valence electrons. The molecule has 0 bridgehead atoms. The summed E-state index contributed by atoms with van der Waals surface area (Å²) in [6, 6.07) is 19.7. The van der Waals surface area contributed by atoms with Crippen LogP contribution in [0, 0.1) is 5.92 Å². The van der Waals surface area contributed by atoms with E-state index in [9.17, 15) is 4.79 Å². The predicted octanol–water partition coefficient (Wildman–Crippen LogP) is 4.29. The molecule has 2 aromatic carbocycles. The number of carbonyl (C=O) groups is 1. The van der Waals surface area contributed by atoms with Gasteiger partial charge in [0, 0.05) is 12.3 Å². The number of esters is 1. The second-order valence-electron chi connectivity index (χ2n) is 7.75. The minimum atomic E-state index is -1.25. The summed E-state index contributed by atoms with van der Waals surface area (Å²) in [6.45, 7) is 4.15. The molecule has 1 fully saturated rings. The van der Waals surface area contributed by atoms with Crippen molar-refractivity contribution in [3.63, 3.8) is 0 Å². The first-order valence-corrected chi connectivity index (χ1v) is 10.9. The van der Waals surface area contributed by atoms with Gasteiger partial charge in [-0.15, -0.1) is 0 Å². The normalized spacial score (nSPS) is 17.3. The van der Waals surface area contributed by atoms with Crippen molar-refractivity contribution < 1.29 is 28.5 Å². The van der Waals surface area contributed by atoms with Gasteiger partial charge < -0.3 is 23.7 Å². The van der Waals surface area contributed by atoms with Crippen molar-refractivity contribution in [2.45, 2.75) is 38.4 Å². The van der Waals surface area contributed by atoms with E-state index in [0.717, 1.165) is 11.1 Å². The molecule has 0 spiro atoms. The van der Waals surface area contributed by atoms with E-state index in [-0.39, 0.29) is 18.9 Å². The molecule has 0 saturated carbocycles. The van der Waals surface area contributed by atoms with Gasteiger partial charge in [0.05, 0.1) is 40.1 Å². The van der Waals surface area contributed by atoms with Gasteiger partial charge in [0.25, 0.3) is 0 Å². The maximum atomic E-state index is 13.0. The summed E-state index contributed by atoms with van der Waals surface area (Å²) < 4.78 is 28.5. The van der Waals surface area contributed by atoms with Crippen LogP contribution in [0.2, 0.25) is 0 Å². The van der Waals surface area contributed by atoms with Crippen LogP contribution in [0.25, 0.3) is 0 Å². The minimum Gasteiger partial charge on any atom is -0.467 e. The first-order chi connectivity index (χ1) is 15.6. The maximum absolute atomic E-state index is 13.0. The van der Waals surface area contributed by atoms with Gasteiger partial charge >= 0.3 is 5.97 Å². The number of rotatable bonds is 12. The molecule has 6 nitrogen and oxygen atoms in total. The van der Waals surface area contributed by atoms with E-state index < -0.39 is 17.9 Å². The van der Waals surface area contributed by atoms with Gasteiger partial charge in [0.15, 0.2) is 11.9 Å². The summed E-state index contributed by atoms with van der Waals surface area (Å²) in [6.07, 6.45) is 3.56. The monoisotopic (exact) mass is 440 g/mol. The van der Waals surface area contributed by atoms with Crippen LogP contribution in [0.1, 0.15) is 24.5 Å². The minimum absolute atomic E-state index is 0.239. The Labute approximate surface area is 190 Å². The first kappa shape index (κ1) is 24.1. The Hall–Kier alpha value is -2.51. The lowest BCUT2D eigenvalue weighted by Gasteiger charge is -2.36. The Morgan fingerprint density at radius 3 is 2.22 bits per heavy atom. The molecule has 1 saturated heterocycles. The molecule has 0 unspecified atom stereocenters. The number of hydrogen-bond donors (Lipinski definition) is 0. The predicted molar refractivity (Wildman–Crippen MR) is 121 cm³/mol. The first-order valence-electron chi connectivity index (χ1n) is 10.9. The maximum Gasteiger partial charge on any atom is 0.338 e. The third-order valence-corrected chi connectivity index (χ3v) is 5.52. The van der Waals surface area contributed by atoms with Crippen LogP contribution >= 0.6 is 0 Å². The van der Waals surface area contributed by atoms with E-state index in [4.69, 9.17) is 23.7 Å². The molecule has 0 radical (unpaired) electrons. The standard InChI is InChI=1S/C26H32O6/c1-21(10-9-15-29-19-22-11-5-3-6-12-22)26(25(27)28-2,18-24-30-16-17-31-24)32-20-23-13-7-4-8-14-23/h3-14,21,24H,15-20H2,1-2H3/b10-9+/t21-,26-/m1/s1. The van der Waals surface area contributed by atoms with Gasteiger partial charge in [-0.3, -0.25) is 0 Å². The summed E-state index contributed by atoms with van der Waals surface area (Å²) in [7, 11) is 1.37. The highest BCUT2D eigenvalue weighted by atomic mass is 16.7. The highest BCUT2D eigenvalue weighted by Crippen LogP contribution is 2.33. The second kappa shape index (κ2) is 12.5. The Balaban J connectivity index is 1.69. The van der Waals surface area contributed by atoms with E-state index in [1.165, 1.54) is 7.11 Å². The Kier molecular flexibility index (Phi) is 9.43. The van der Waals surface area contributed by atoms with E-state index in [1.807, 2.05) is 79.7 Å². The molecule has 2 atom stereocenters. The van der Waals surface area contributed by atoms with Crippen LogP contribution in [0.4, 0.5) is 0 Å². The van der Waals surface area contributed by atoms with E-state index in [0.29, 0.717) is 26.4 Å². The van der Waals surface area contributed by atoms with Crippen LogP contribution < -0.4 is 0 Å². The van der Waals surface area contributed by atoms with Gasteiger partial charge in [-0.1, -0.05) is 79.7 Å². The summed E-state index contributed by atoms with van der Waals surface area (Å²) in [4.78, 5) is 13.0. The van der Waals surface area contributed by atoms with E-state index in [1.54, 1.807) is 0 Å². The van der Waals surface area contributed by atoms with Gasteiger partial charge in [-0.2, -0.15) is 0 Å². The SMILES string of the molecule is COC(=O)[C@](CC1OCCO1)(OCc1ccccc1)[C@H](C)/C=C/COCc1ccccc1. The summed E-state index contributed by atoms with van der Waals surface area (Å²) in [5, 5.41) is 0. The third kappa shape index (κ3) is 6.74. The number of benzene rings is 2. The fraction of sp³-hybridized carbons (Fsp3) is 0.423. The topological polar surface area (TPSA) is 63.2 Å². The van der Waals surface area contributed by atoms with Crippen molar-refractivity contribution in [3.05, 3.63) is 83.9 Å².